The number of likely N-dealkylation sites (N-methyl/N-ethyl adjacent to an activating group) is 1. The molecule has 0 aromatic heterocycles. The predicted molar refractivity (Wildman–Crippen MR) is 77.1 cm³/mol. The number of hydrogen-bond donors (Lipinski definition) is 1. The van der Waals surface area contributed by atoms with Crippen molar-refractivity contribution in [2.24, 2.45) is 5.73 Å². The Kier molecular flexibility index (Phi) is 6.97. The Morgan fingerprint density at radius 2 is 2.05 bits per heavy atom. The van der Waals surface area contributed by atoms with Crippen LogP contribution >= 0.6 is 0 Å². The minimum atomic E-state index is -0.0324. The Labute approximate surface area is 115 Å². The first kappa shape index (κ1) is 15.5. The molecule has 1 unspecified atom stereocenters. The van der Waals surface area contributed by atoms with Crippen molar-refractivity contribution in [2.45, 2.75) is 32.2 Å². The van der Waals surface area contributed by atoms with Crippen LogP contribution in [0.4, 0.5) is 0 Å². The van der Waals surface area contributed by atoms with E-state index in [-0.39, 0.29) is 11.9 Å². The van der Waals surface area contributed by atoms with Gasteiger partial charge in [-0.05, 0) is 18.6 Å². The Morgan fingerprint density at radius 1 is 1.37 bits per heavy atom. The van der Waals surface area contributed by atoms with E-state index >= 15 is 0 Å². The summed E-state index contributed by atoms with van der Waals surface area (Å²) < 4.78 is 5.55. The Hall–Kier alpha value is -1.55. The fraction of sp³-hybridized carbons (Fsp3) is 0.533. The minimum Gasteiger partial charge on any atom is -0.492 e. The number of rotatable bonds is 8. The maximum absolute atomic E-state index is 11.9. The number of ether oxygens (including phenoxy) is 1. The molecule has 0 saturated carbocycles. The molecule has 106 valence electrons. The van der Waals surface area contributed by atoms with Crippen molar-refractivity contribution in [3.05, 3.63) is 30.3 Å². The van der Waals surface area contributed by atoms with E-state index in [0.29, 0.717) is 19.6 Å². The Bertz CT molecular complexity index is 368. The molecule has 0 bridgehead atoms. The van der Waals surface area contributed by atoms with E-state index in [1.807, 2.05) is 30.3 Å². The van der Waals surface area contributed by atoms with Gasteiger partial charge in [-0.15, -0.1) is 0 Å². The highest BCUT2D eigenvalue weighted by Gasteiger charge is 2.12. The van der Waals surface area contributed by atoms with Gasteiger partial charge in [-0.2, -0.15) is 0 Å². The van der Waals surface area contributed by atoms with Gasteiger partial charge >= 0.3 is 0 Å². The molecule has 0 saturated heterocycles. The summed E-state index contributed by atoms with van der Waals surface area (Å²) in [5.41, 5.74) is 5.86. The van der Waals surface area contributed by atoms with Crippen LogP contribution in [-0.2, 0) is 4.79 Å². The molecular formula is C15H24N2O2. The Morgan fingerprint density at radius 3 is 2.68 bits per heavy atom. The molecule has 1 aromatic carbocycles. The average Bonchev–Trinajstić information content (AvgIpc) is 2.40. The SMILES string of the molecule is CCCC(N)CC(=O)N(C)CCOc1ccccc1. The molecule has 4 nitrogen and oxygen atoms in total. The predicted octanol–water partition coefficient (Wildman–Crippen LogP) is 2.04. The quantitative estimate of drug-likeness (QED) is 0.781. The van der Waals surface area contributed by atoms with Gasteiger partial charge in [0.2, 0.25) is 5.91 Å². The van der Waals surface area contributed by atoms with Crippen molar-refractivity contribution in [3.63, 3.8) is 0 Å². The molecule has 1 rings (SSSR count). The van der Waals surface area contributed by atoms with Gasteiger partial charge in [-0.3, -0.25) is 4.79 Å². The van der Waals surface area contributed by atoms with Crippen molar-refractivity contribution in [3.8, 4) is 5.75 Å². The number of nitrogens with zero attached hydrogens (tertiary/aromatic N) is 1. The lowest BCUT2D eigenvalue weighted by Crippen LogP contribution is -2.35. The second kappa shape index (κ2) is 8.53. The first-order chi connectivity index (χ1) is 9.13. The first-order valence-corrected chi connectivity index (χ1v) is 6.81. The molecule has 1 amide bonds. The van der Waals surface area contributed by atoms with Gasteiger partial charge < -0.3 is 15.4 Å². The monoisotopic (exact) mass is 264 g/mol. The molecule has 1 atom stereocenters. The topological polar surface area (TPSA) is 55.6 Å². The molecule has 1 aromatic rings. The lowest BCUT2D eigenvalue weighted by atomic mass is 10.1. The van der Waals surface area contributed by atoms with Crippen LogP contribution < -0.4 is 10.5 Å². The summed E-state index contributed by atoms with van der Waals surface area (Å²) in [7, 11) is 1.79. The van der Waals surface area contributed by atoms with Gasteiger partial charge in [0.1, 0.15) is 12.4 Å². The third-order valence-electron chi connectivity index (χ3n) is 2.96. The van der Waals surface area contributed by atoms with E-state index in [1.54, 1.807) is 11.9 Å². The third-order valence-corrected chi connectivity index (χ3v) is 2.96. The summed E-state index contributed by atoms with van der Waals surface area (Å²) in [6.07, 6.45) is 2.31. The van der Waals surface area contributed by atoms with Crippen molar-refractivity contribution in [1.82, 2.24) is 4.90 Å². The lowest BCUT2D eigenvalue weighted by Gasteiger charge is -2.19. The molecule has 0 spiro atoms. The van der Waals surface area contributed by atoms with Crippen LogP contribution in [0.25, 0.3) is 0 Å². The average molecular weight is 264 g/mol. The summed E-state index contributed by atoms with van der Waals surface area (Å²) in [4.78, 5) is 13.5. The van der Waals surface area contributed by atoms with Crippen molar-refractivity contribution in [1.29, 1.82) is 0 Å². The molecular weight excluding hydrogens is 240 g/mol. The summed E-state index contributed by atoms with van der Waals surface area (Å²) in [6.45, 7) is 3.14. The van der Waals surface area contributed by atoms with Crippen molar-refractivity contribution < 1.29 is 9.53 Å². The van der Waals surface area contributed by atoms with Gasteiger partial charge in [0.25, 0.3) is 0 Å². The number of carbonyl (C=O) groups is 1. The van der Waals surface area contributed by atoms with E-state index in [2.05, 4.69) is 6.92 Å². The highest BCUT2D eigenvalue weighted by atomic mass is 16.5. The molecule has 0 aliphatic heterocycles. The number of para-hydroxylation sites is 1. The van der Waals surface area contributed by atoms with Crippen LogP contribution in [-0.4, -0.2) is 37.0 Å². The molecule has 0 fully saturated rings. The number of benzene rings is 1. The van der Waals surface area contributed by atoms with Gasteiger partial charge in [0, 0.05) is 19.5 Å². The maximum Gasteiger partial charge on any atom is 0.223 e. The van der Waals surface area contributed by atoms with E-state index in [4.69, 9.17) is 10.5 Å². The van der Waals surface area contributed by atoms with E-state index in [0.717, 1.165) is 18.6 Å². The third kappa shape index (κ3) is 6.25. The van der Waals surface area contributed by atoms with Crippen LogP contribution in [0.1, 0.15) is 26.2 Å². The largest absolute Gasteiger partial charge is 0.492 e. The summed E-state index contributed by atoms with van der Waals surface area (Å²) >= 11 is 0. The van der Waals surface area contributed by atoms with Crippen LogP contribution in [0.5, 0.6) is 5.75 Å². The zero-order valence-corrected chi connectivity index (χ0v) is 11.8. The van der Waals surface area contributed by atoms with Gasteiger partial charge in [-0.25, -0.2) is 0 Å². The van der Waals surface area contributed by atoms with E-state index in [9.17, 15) is 4.79 Å². The summed E-state index contributed by atoms with van der Waals surface area (Å²) in [5, 5.41) is 0. The molecule has 0 aliphatic carbocycles. The maximum atomic E-state index is 11.9. The minimum absolute atomic E-state index is 0.0324. The van der Waals surface area contributed by atoms with Crippen LogP contribution in [0, 0.1) is 0 Å². The standard InChI is InChI=1S/C15H24N2O2/c1-3-7-13(16)12-15(18)17(2)10-11-19-14-8-5-4-6-9-14/h4-6,8-9,13H,3,7,10-12,16H2,1-2H3. The second-order valence-electron chi connectivity index (χ2n) is 4.73. The van der Waals surface area contributed by atoms with E-state index < -0.39 is 0 Å². The van der Waals surface area contributed by atoms with Crippen LogP contribution in [0.2, 0.25) is 0 Å². The molecule has 2 N–H and O–H groups in total. The molecule has 19 heavy (non-hydrogen) atoms. The number of nitrogens with two attached hydrogens (primary N) is 1. The number of carbonyl (C=O) groups excluding carboxylic acids is 1. The molecule has 0 heterocycles. The van der Waals surface area contributed by atoms with Gasteiger partial charge in [-0.1, -0.05) is 31.5 Å². The highest BCUT2D eigenvalue weighted by molar-refractivity contribution is 5.76. The molecule has 4 heteroatoms. The van der Waals surface area contributed by atoms with Crippen molar-refractivity contribution >= 4 is 5.91 Å². The molecule has 0 aliphatic rings. The van der Waals surface area contributed by atoms with E-state index in [1.165, 1.54) is 0 Å². The summed E-state index contributed by atoms with van der Waals surface area (Å²) in [6, 6.07) is 9.56. The fourth-order valence-electron chi connectivity index (χ4n) is 1.79. The second-order valence-corrected chi connectivity index (χ2v) is 4.73. The van der Waals surface area contributed by atoms with Gasteiger partial charge in [0.15, 0.2) is 0 Å². The lowest BCUT2D eigenvalue weighted by molar-refractivity contribution is -0.130. The first-order valence-electron chi connectivity index (χ1n) is 6.81. The van der Waals surface area contributed by atoms with Crippen molar-refractivity contribution in [2.75, 3.05) is 20.2 Å². The molecule has 0 radical (unpaired) electrons. The zero-order valence-electron chi connectivity index (χ0n) is 11.8. The highest BCUT2D eigenvalue weighted by Crippen LogP contribution is 2.08. The Balaban J connectivity index is 2.23. The number of amides is 1. The zero-order chi connectivity index (χ0) is 14.1. The normalized spacial score (nSPS) is 11.9. The smallest absolute Gasteiger partial charge is 0.223 e. The fourth-order valence-corrected chi connectivity index (χ4v) is 1.79. The van der Waals surface area contributed by atoms with Crippen LogP contribution in [0.15, 0.2) is 30.3 Å². The summed E-state index contributed by atoms with van der Waals surface area (Å²) in [5.74, 6) is 0.906. The van der Waals surface area contributed by atoms with Gasteiger partial charge in [0.05, 0.1) is 6.54 Å². The van der Waals surface area contributed by atoms with Crippen LogP contribution in [0.3, 0.4) is 0 Å². The number of hydrogen-bond acceptors (Lipinski definition) is 3.